The normalized spacial score (nSPS) is 19.0. The molecule has 4 aromatic rings. The Hall–Kier alpha value is -1.97. The second-order valence-electron chi connectivity index (χ2n) is 19.5. The van der Waals surface area contributed by atoms with Gasteiger partial charge < -0.3 is 0 Å². The van der Waals surface area contributed by atoms with Crippen LogP contribution < -0.4 is 15.9 Å². The molecule has 2 fully saturated rings. The highest BCUT2D eigenvalue weighted by molar-refractivity contribution is 7.95. The Balaban J connectivity index is 0.000000503. The molecule has 6 rings (SSSR count). The van der Waals surface area contributed by atoms with Gasteiger partial charge in [0.25, 0.3) is 0 Å². The Bertz CT molecular complexity index is 1610. The zero-order valence-corrected chi connectivity index (χ0v) is 42.2. The van der Waals surface area contributed by atoms with Crippen LogP contribution in [0, 0.1) is 35.5 Å². The minimum absolute atomic E-state index is 0. The lowest BCUT2D eigenvalue weighted by Gasteiger charge is -2.35. The molecule has 2 aliphatic carbocycles. The summed E-state index contributed by atoms with van der Waals surface area (Å²) >= 11 is 0. The van der Waals surface area contributed by atoms with Gasteiger partial charge >= 0.3 is 7.88 Å². The average molecular weight is 924 g/mol. The molecule has 0 spiro atoms. The second kappa shape index (κ2) is 28.9. The van der Waals surface area contributed by atoms with E-state index >= 15 is 0 Å². The molecule has 0 saturated heterocycles. The Morgan fingerprint density at radius 1 is 0.476 bits per heavy atom. The molecule has 354 valence electrons. The first-order chi connectivity index (χ1) is 28.6. The highest BCUT2D eigenvalue weighted by atomic mass is 31.2. The van der Waals surface area contributed by atoms with Crippen LogP contribution in [0.15, 0.2) is 115 Å². The van der Waals surface area contributed by atoms with E-state index in [1.807, 2.05) is 24.3 Å². The van der Waals surface area contributed by atoms with Crippen LogP contribution >= 0.6 is 22.4 Å². The molecule has 0 radical (unpaired) electrons. The maximum atomic E-state index is 12.8. The Labute approximate surface area is 392 Å². The van der Waals surface area contributed by atoms with Crippen molar-refractivity contribution in [2.45, 2.75) is 148 Å². The highest BCUT2D eigenvalue weighted by Gasteiger charge is 2.47. The standard InChI is InChI=1S/C28H34P.C16H34P.C11H16F2P.3CH4/c1-23(2)25-20-18-24(19-21-25)22-29(26-12-6-3-7-13-26,27-14-8-4-9-15-27)28-16-10-5-11-17-28;1-6-17(7-2,8-3)13-15-9-11-16(12-10-15)14(4)5;1-9(2)11-6-4-10(5-7-11)8-14(3,12)13;;;/h3-17,23-25H,18-22H2,1-2H3;14-16H,6-13H2,1-5H3;4-7,9H,8H2,1-3H3;3*1H4/q3*+1;;;. The van der Waals surface area contributed by atoms with Crippen LogP contribution in [0.2, 0.25) is 0 Å². The molecule has 0 nitrogen and oxygen atoms in total. The summed E-state index contributed by atoms with van der Waals surface area (Å²) in [6.45, 7) is 22.2. The Morgan fingerprint density at radius 2 is 0.810 bits per heavy atom. The van der Waals surface area contributed by atoms with Gasteiger partial charge in [-0.3, -0.25) is 0 Å². The largest absolute Gasteiger partial charge is 0.389 e. The fraction of sp³-hybridized carbons (Fsp3) is 0.586. The van der Waals surface area contributed by atoms with Gasteiger partial charge in [-0.2, -0.15) is 0 Å². The molecule has 0 amide bonds. The zero-order valence-electron chi connectivity index (χ0n) is 39.5. The molecule has 0 aromatic heterocycles. The number of hydrogen-bond acceptors (Lipinski definition) is 0. The highest BCUT2D eigenvalue weighted by Crippen LogP contribution is 2.62. The lowest BCUT2D eigenvalue weighted by Crippen LogP contribution is -2.36. The molecule has 0 aliphatic heterocycles. The van der Waals surface area contributed by atoms with Crippen LogP contribution in [0.4, 0.5) is 8.39 Å². The lowest BCUT2D eigenvalue weighted by molar-refractivity contribution is 0.236. The molecule has 2 aliphatic rings. The summed E-state index contributed by atoms with van der Waals surface area (Å²) in [6, 6.07) is 41.6. The smallest absolute Gasteiger partial charge is 0.0776 e. The van der Waals surface area contributed by atoms with Crippen LogP contribution in [0.5, 0.6) is 0 Å². The number of rotatable bonds is 15. The predicted octanol–water partition coefficient (Wildman–Crippen LogP) is 18.6. The summed E-state index contributed by atoms with van der Waals surface area (Å²) in [5, 5.41) is 4.59. The molecule has 0 unspecified atom stereocenters. The van der Waals surface area contributed by atoms with E-state index in [-0.39, 0.29) is 28.4 Å². The summed E-state index contributed by atoms with van der Waals surface area (Å²) in [4.78, 5) is 0. The van der Waals surface area contributed by atoms with E-state index in [9.17, 15) is 8.39 Å². The van der Waals surface area contributed by atoms with Crippen molar-refractivity contribution in [3.63, 3.8) is 0 Å². The van der Waals surface area contributed by atoms with Crippen molar-refractivity contribution in [1.29, 1.82) is 0 Å². The fourth-order valence-corrected chi connectivity index (χ4v) is 19.3. The Kier molecular flexibility index (Phi) is 27.1. The van der Waals surface area contributed by atoms with Crippen molar-refractivity contribution >= 4 is 38.3 Å². The molecule has 0 heterocycles. The maximum absolute atomic E-state index is 12.8. The molecule has 0 atom stereocenters. The van der Waals surface area contributed by atoms with Gasteiger partial charge in [-0.05, 0) is 169 Å². The Morgan fingerprint density at radius 3 is 1.10 bits per heavy atom. The van der Waals surface area contributed by atoms with Gasteiger partial charge in [0.1, 0.15) is 36.0 Å². The second-order valence-corrected chi connectivity index (χ2v) is 30.2. The summed E-state index contributed by atoms with van der Waals surface area (Å²) in [6.07, 6.45) is 19.0. The minimum atomic E-state index is -3.68. The van der Waals surface area contributed by atoms with Crippen molar-refractivity contribution in [3.05, 3.63) is 126 Å². The molecule has 0 bridgehead atoms. The van der Waals surface area contributed by atoms with Gasteiger partial charge in [-0.1, -0.05) is 143 Å². The molecule has 0 N–H and O–H groups in total. The van der Waals surface area contributed by atoms with E-state index in [0.717, 1.165) is 47.7 Å². The van der Waals surface area contributed by atoms with Gasteiger partial charge in [0.15, 0.2) is 0 Å². The molecule has 63 heavy (non-hydrogen) atoms. The third-order valence-electron chi connectivity index (χ3n) is 14.6. The number of hydrogen-bond donors (Lipinski definition) is 0. The molecule has 2 saturated carbocycles. The van der Waals surface area contributed by atoms with E-state index in [1.54, 1.807) is 6.16 Å². The van der Waals surface area contributed by atoms with Crippen LogP contribution in [-0.4, -0.2) is 37.5 Å². The summed E-state index contributed by atoms with van der Waals surface area (Å²) in [5.74, 6) is 6.05. The van der Waals surface area contributed by atoms with E-state index in [1.165, 1.54) is 97.5 Å². The maximum Gasteiger partial charge on any atom is 0.389 e. The van der Waals surface area contributed by atoms with Gasteiger partial charge in [0, 0.05) is 7.26 Å². The first-order valence-electron chi connectivity index (χ1n) is 23.9. The van der Waals surface area contributed by atoms with Gasteiger partial charge in [-0.15, -0.1) is 0 Å². The van der Waals surface area contributed by atoms with Crippen LogP contribution in [-0.2, 0) is 6.16 Å². The zero-order chi connectivity index (χ0) is 43.8. The average Bonchev–Trinajstić information content (AvgIpc) is 3.26. The monoisotopic (exact) mass is 924 g/mol. The van der Waals surface area contributed by atoms with Crippen LogP contribution in [0.25, 0.3) is 0 Å². The number of halogens is 2. The van der Waals surface area contributed by atoms with Crippen molar-refractivity contribution in [2.24, 2.45) is 35.5 Å². The van der Waals surface area contributed by atoms with E-state index < -0.39 is 22.4 Å². The van der Waals surface area contributed by atoms with Crippen molar-refractivity contribution in [3.8, 4) is 0 Å². The fourth-order valence-electron chi connectivity index (χ4n) is 10.2. The van der Waals surface area contributed by atoms with Crippen molar-refractivity contribution in [1.82, 2.24) is 0 Å². The SMILES string of the molecule is C.C.C.CC(C)C1CCC(C[P+](c2ccccc2)(c2ccccc2)c2ccccc2)CC1.CC(C)c1ccc(C[P+](C)(F)F)cc1.CC[P+](CC)(CC)CC1CCC(C(C)C)CC1. The summed E-state index contributed by atoms with van der Waals surface area (Å²) in [5.41, 5.74) is 1.95. The van der Waals surface area contributed by atoms with Crippen LogP contribution in [0.3, 0.4) is 0 Å². The summed E-state index contributed by atoms with van der Waals surface area (Å²) < 4.78 is 25.6. The third kappa shape index (κ3) is 18.0. The first kappa shape index (κ1) is 59.0. The topological polar surface area (TPSA) is 0 Å². The van der Waals surface area contributed by atoms with E-state index in [4.69, 9.17) is 0 Å². The van der Waals surface area contributed by atoms with E-state index in [2.05, 4.69) is 153 Å². The van der Waals surface area contributed by atoms with Crippen molar-refractivity contribution in [2.75, 3.05) is 37.5 Å². The van der Waals surface area contributed by atoms with Gasteiger partial charge in [0.05, 0.1) is 30.8 Å². The number of benzene rings is 4. The molecule has 4 aromatic carbocycles. The quantitative estimate of drug-likeness (QED) is 0.104. The minimum Gasteiger partial charge on any atom is -0.0776 e. The summed E-state index contributed by atoms with van der Waals surface area (Å²) in [7, 11) is -5.89. The molecular formula is C58H96F2P3+3. The third-order valence-corrected chi connectivity index (χ3v) is 25.4. The molecule has 5 heteroatoms. The van der Waals surface area contributed by atoms with Crippen molar-refractivity contribution < 1.29 is 8.39 Å². The molecular weight excluding hydrogens is 828 g/mol. The first-order valence-corrected chi connectivity index (χ1v) is 30.6. The lowest BCUT2D eigenvalue weighted by atomic mass is 9.77. The predicted molar refractivity (Wildman–Crippen MR) is 293 cm³/mol. The van der Waals surface area contributed by atoms with Gasteiger partial charge in [-0.25, -0.2) is 0 Å². The van der Waals surface area contributed by atoms with E-state index in [0.29, 0.717) is 5.92 Å². The van der Waals surface area contributed by atoms with Crippen LogP contribution in [0.1, 0.15) is 153 Å². The van der Waals surface area contributed by atoms with Gasteiger partial charge in [0.2, 0.25) is 0 Å².